The summed E-state index contributed by atoms with van der Waals surface area (Å²) in [5.41, 5.74) is -0.0151. The highest BCUT2D eigenvalue weighted by molar-refractivity contribution is 5.84. The standard InChI is InChI=1S/C12H16N6O3/c19-11(20)10-8-17(9-15-10)6-3-13-12(21)14-4-7-18-5-1-2-16-18/h1-2,5,8-9H,3-4,6-7H2,(H,19,20)(H2,13,14,21). The minimum absolute atomic E-state index is 0.0151. The van der Waals surface area contributed by atoms with Crippen molar-refractivity contribution in [1.29, 1.82) is 0 Å². The minimum Gasteiger partial charge on any atom is -0.476 e. The minimum atomic E-state index is -1.07. The fraction of sp³-hybridized carbons (Fsp3) is 0.333. The molecule has 2 amide bonds. The van der Waals surface area contributed by atoms with Gasteiger partial charge in [-0.25, -0.2) is 14.6 Å². The number of nitrogens with zero attached hydrogens (tertiary/aromatic N) is 4. The van der Waals surface area contributed by atoms with E-state index in [0.717, 1.165) is 0 Å². The molecule has 3 N–H and O–H groups in total. The van der Waals surface area contributed by atoms with Gasteiger partial charge in [0, 0.05) is 38.2 Å². The number of carboxylic acid groups (broad SMARTS) is 1. The second kappa shape index (κ2) is 7.08. The van der Waals surface area contributed by atoms with E-state index in [9.17, 15) is 9.59 Å². The Bertz CT molecular complexity index is 592. The zero-order chi connectivity index (χ0) is 15.1. The molecule has 0 saturated carbocycles. The van der Waals surface area contributed by atoms with Gasteiger partial charge >= 0.3 is 12.0 Å². The van der Waals surface area contributed by atoms with Gasteiger partial charge in [0.1, 0.15) is 0 Å². The van der Waals surface area contributed by atoms with Crippen LogP contribution in [-0.4, -0.2) is 49.5 Å². The number of amides is 2. The van der Waals surface area contributed by atoms with Crippen LogP contribution < -0.4 is 10.6 Å². The summed E-state index contributed by atoms with van der Waals surface area (Å²) >= 11 is 0. The maximum Gasteiger partial charge on any atom is 0.356 e. The molecule has 9 heteroatoms. The van der Waals surface area contributed by atoms with E-state index >= 15 is 0 Å². The van der Waals surface area contributed by atoms with E-state index in [4.69, 9.17) is 5.11 Å². The lowest BCUT2D eigenvalue weighted by Crippen LogP contribution is -2.38. The van der Waals surface area contributed by atoms with Gasteiger partial charge in [-0.1, -0.05) is 0 Å². The number of carboxylic acids is 1. The van der Waals surface area contributed by atoms with E-state index < -0.39 is 5.97 Å². The van der Waals surface area contributed by atoms with E-state index in [1.807, 2.05) is 12.3 Å². The summed E-state index contributed by atoms with van der Waals surface area (Å²) in [5.74, 6) is -1.07. The predicted octanol–water partition coefficient (Wildman–Crippen LogP) is -0.223. The largest absolute Gasteiger partial charge is 0.476 e. The maximum absolute atomic E-state index is 11.5. The van der Waals surface area contributed by atoms with E-state index in [-0.39, 0.29) is 11.7 Å². The SMILES string of the molecule is O=C(NCCn1cnc(C(=O)O)c1)NCCn1cccn1. The second-order valence-corrected chi connectivity index (χ2v) is 4.25. The first-order valence-electron chi connectivity index (χ1n) is 6.39. The molecule has 0 aliphatic rings. The van der Waals surface area contributed by atoms with Gasteiger partial charge in [-0.15, -0.1) is 0 Å². The average Bonchev–Trinajstić information content (AvgIpc) is 3.09. The Morgan fingerprint density at radius 1 is 1.24 bits per heavy atom. The van der Waals surface area contributed by atoms with Crippen molar-refractivity contribution in [3.63, 3.8) is 0 Å². The van der Waals surface area contributed by atoms with Crippen LogP contribution in [0.2, 0.25) is 0 Å². The number of carbonyl (C=O) groups excluding carboxylic acids is 1. The van der Waals surface area contributed by atoms with Gasteiger partial charge in [-0.3, -0.25) is 4.68 Å². The van der Waals surface area contributed by atoms with Gasteiger partial charge in [0.05, 0.1) is 12.9 Å². The number of imidazole rings is 1. The van der Waals surface area contributed by atoms with Gasteiger partial charge in [0.25, 0.3) is 0 Å². The zero-order valence-corrected chi connectivity index (χ0v) is 11.3. The molecule has 0 aliphatic heterocycles. The Morgan fingerprint density at radius 3 is 2.62 bits per heavy atom. The van der Waals surface area contributed by atoms with E-state index in [1.165, 1.54) is 12.5 Å². The fourth-order valence-electron chi connectivity index (χ4n) is 1.67. The summed E-state index contributed by atoms with van der Waals surface area (Å²) in [4.78, 5) is 25.9. The average molecular weight is 292 g/mol. The number of hydrogen-bond acceptors (Lipinski definition) is 4. The van der Waals surface area contributed by atoms with Crippen molar-refractivity contribution in [3.8, 4) is 0 Å². The molecule has 9 nitrogen and oxygen atoms in total. The van der Waals surface area contributed by atoms with Crippen molar-refractivity contribution < 1.29 is 14.7 Å². The molecule has 0 aromatic carbocycles. The van der Waals surface area contributed by atoms with Gasteiger partial charge in [0.15, 0.2) is 5.69 Å². The van der Waals surface area contributed by atoms with Crippen LogP contribution in [0.25, 0.3) is 0 Å². The van der Waals surface area contributed by atoms with Crippen LogP contribution in [0.1, 0.15) is 10.5 Å². The van der Waals surface area contributed by atoms with Crippen LogP contribution in [0.15, 0.2) is 31.0 Å². The van der Waals surface area contributed by atoms with E-state index in [0.29, 0.717) is 26.2 Å². The Kier molecular flexibility index (Phi) is 4.91. The van der Waals surface area contributed by atoms with E-state index in [1.54, 1.807) is 15.4 Å². The molecule has 2 heterocycles. The third kappa shape index (κ3) is 4.64. The fourth-order valence-corrected chi connectivity index (χ4v) is 1.67. The monoisotopic (exact) mass is 292 g/mol. The quantitative estimate of drug-likeness (QED) is 0.652. The van der Waals surface area contributed by atoms with Crippen LogP contribution in [0.3, 0.4) is 0 Å². The summed E-state index contributed by atoms with van der Waals surface area (Å²) < 4.78 is 3.33. The van der Waals surface area contributed by atoms with Crippen LogP contribution in [-0.2, 0) is 13.1 Å². The molecular weight excluding hydrogens is 276 g/mol. The van der Waals surface area contributed by atoms with Crippen LogP contribution in [0.5, 0.6) is 0 Å². The van der Waals surface area contributed by atoms with Gasteiger partial charge < -0.3 is 20.3 Å². The third-order valence-electron chi connectivity index (χ3n) is 2.69. The molecule has 21 heavy (non-hydrogen) atoms. The third-order valence-corrected chi connectivity index (χ3v) is 2.69. The smallest absolute Gasteiger partial charge is 0.356 e. The van der Waals surface area contributed by atoms with Crippen molar-refractivity contribution in [2.75, 3.05) is 13.1 Å². The number of nitrogens with one attached hydrogen (secondary N) is 2. The van der Waals surface area contributed by atoms with Crippen molar-refractivity contribution >= 4 is 12.0 Å². The van der Waals surface area contributed by atoms with Gasteiger partial charge in [-0.05, 0) is 6.07 Å². The van der Waals surface area contributed by atoms with Crippen LogP contribution in [0, 0.1) is 0 Å². The molecule has 2 rings (SSSR count). The lowest BCUT2D eigenvalue weighted by molar-refractivity contribution is 0.0691. The van der Waals surface area contributed by atoms with E-state index in [2.05, 4.69) is 20.7 Å². The molecule has 2 aromatic heterocycles. The number of aromatic carboxylic acids is 1. The van der Waals surface area contributed by atoms with Gasteiger partial charge in [0.2, 0.25) is 0 Å². The Morgan fingerprint density at radius 2 is 2.00 bits per heavy atom. The molecule has 2 aromatic rings. The zero-order valence-electron chi connectivity index (χ0n) is 11.3. The molecule has 0 radical (unpaired) electrons. The first-order chi connectivity index (χ1) is 10.1. The molecule has 112 valence electrons. The molecule has 0 spiro atoms. The van der Waals surface area contributed by atoms with Crippen molar-refractivity contribution in [2.45, 2.75) is 13.1 Å². The second-order valence-electron chi connectivity index (χ2n) is 4.25. The molecule has 0 atom stereocenters. The van der Waals surface area contributed by atoms with Gasteiger partial charge in [-0.2, -0.15) is 5.10 Å². The van der Waals surface area contributed by atoms with Crippen molar-refractivity contribution in [1.82, 2.24) is 30.0 Å². The topological polar surface area (TPSA) is 114 Å². The highest BCUT2D eigenvalue weighted by Gasteiger charge is 2.06. The van der Waals surface area contributed by atoms with Crippen molar-refractivity contribution in [2.24, 2.45) is 0 Å². The normalized spacial score (nSPS) is 10.3. The number of carbonyl (C=O) groups is 2. The number of rotatable bonds is 7. The van der Waals surface area contributed by atoms with Crippen molar-refractivity contribution in [3.05, 3.63) is 36.7 Å². The molecule has 0 bridgehead atoms. The summed E-state index contributed by atoms with van der Waals surface area (Å²) in [6, 6.07) is 1.54. The molecule has 0 unspecified atom stereocenters. The Balaban J connectivity index is 1.61. The first-order valence-corrected chi connectivity index (χ1v) is 6.39. The maximum atomic E-state index is 11.5. The lowest BCUT2D eigenvalue weighted by atomic mass is 10.5. The molecule has 0 fully saturated rings. The Hall–Kier alpha value is -2.84. The molecular formula is C12H16N6O3. The molecule has 0 aliphatic carbocycles. The number of urea groups is 1. The highest BCUT2D eigenvalue weighted by atomic mass is 16.4. The summed E-state index contributed by atoms with van der Waals surface area (Å²) in [7, 11) is 0. The van der Waals surface area contributed by atoms with Crippen LogP contribution >= 0.6 is 0 Å². The van der Waals surface area contributed by atoms with Crippen LogP contribution in [0.4, 0.5) is 4.79 Å². The number of aromatic nitrogens is 4. The lowest BCUT2D eigenvalue weighted by Gasteiger charge is -2.08. The molecule has 0 saturated heterocycles. The predicted molar refractivity (Wildman–Crippen MR) is 72.8 cm³/mol. The first kappa shape index (κ1) is 14.6. The summed E-state index contributed by atoms with van der Waals surface area (Å²) in [6.45, 7) is 1.90. The summed E-state index contributed by atoms with van der Waals surface area (Å²) in [5, 5.41) is 18.1. The highest BCUT2D eigenvalue weighted by Crippen LogP contribution is 1.95. The Labute approximate surface area is 120 Å². The summed E-state index contributed by atoms with van der Waals surface area (Å²) in [6.07, 6.45) is 6.33. The number of hydrogen-bond donors (Lipinski definition) is 3.